The fourth-order valence-electron chi connectivity index (χ4n) is 1.18. The van der Waals surface area contributed by atoms with Gasteiger partial charge in [-0.15, -0.1) is 0 Å². The van der Waals surface area contributed by atoms with Crippen molar-refractivity contribution in [2.24, 2.45) is 0 Å². The molecule has 0 radical (unpaired) electrons. The molecule has 0 spiro atoms. The average molecular weight is 300 g/mol. The summed E-state index contributed by atoms with van der Waals surface area (Å²) >= 11 is 9.35. The van der Waals surface area contributed by atoms with Gasteiger partial charge in [-0.05, 0) is 28.1 Å². The monoisotopic (exact) mass is 298 g/mol. The van der Waals surface area contributed by atoms with Crippen LogP contribution in [-0.2, 0) is 0 Å². The Kier molecular flexibility index (Phi) is 3.26. The molecule has 0 saturated heterocycles. The first-order valence-corrected chi connectivity index (χ1v) is 5.62. The minimum Gasteiger partial charge on any atom is -0.382 e. The van der Waals surface area contributed by atoms with Gasteiger partial charge < -0.3 is 11.1 Å². The van der Waals surface area contributed by atoms with E-state index < -0.39 is 0 Å². The summed E-state index contributed by atoms with van der Waals surface area (Å²) in [6.45, 7) is 0. The Morgan fingerprint density at radius 2 is 2.12 bits per heavy atom. The van der Waals surface area contributed by atoms with Crippen molar-refractivity contribution >= 4 is 44.9 Å². The topological polar surface area (TPSA) is 63.8 Å². The van der Waals surface area contributed by atoms with E-state index in [1.54, 1.807) is 12.3 Å². The predicted molar refractivity (Wildman–Crippen MR) is 68.9 cm³/mol. The van der Waals surface area contributed by atoms with Gasteiger partial charge in [0, 0.05) is 0 Å². The highest BCUT2D eigenvalue weighted by Crippen LogP contribution is 2.31. The van der Waals surface area contributed by atoms with Crippen molar-refractivity contribution in [2.75, 3.05) is 11.1 Å². The third-order valence-corrected chi connectivity index (χ3v) is 3.27. The summed E-state index contributed by atoms with van der Waals surface area (Å²) in [6, 6.07) is 5.51. The molecule has 2 rings (SSSR count). The van der Waals surface area contributed by atoms with Crippen LogP contribution in [-0.4, -0.2) is 9.97 Å². The molecule has 1 aromatic heterocycles. The van der Waals surface area contributed by atoms with E-state index in [0.29, 0.717) is 16.7 Å². The van der Waals surface area contributed by atoms with E-state index in [1.807, 2.05) is 12.1 Å². The molecule has 0 saturated carbocycles. The van der Waals surface area contributed by atoms with E-state index in [1.165, 1.54) is 6.20 Å². The highest BCUT2D eigenvalue weighted by atomic mass is 79.9. The Hall–Kier alpha value is -1.33. The Morgan fingerprint density at radius 1 is 1.31 bits per heavy atom. The molecular weight excluding hydrogens is 291 g/mol. The minimum absolute atomic E-state index is 0.364. The molecule has 3 N–H and O–H groups in total. The zero-order valence-electron chi connectivity index (χ0n) is 8.11. The second-order valence-corrected chi connectivity index (χ2v) is 4.26. The molecule has 0 aliphatic carbocycles. The molecule has 4 nitrogen and oxygen atoms in total. The number of anilines is 3. The van der Waals surface area contributed by atoms with E-state index in [2.05, 4.69) is 31.2 Å². The van der Waals surface area contributed by atoms with Crippen LogP contribution in [0.5, 0.6) is 0 Å². The molecule has 2 aromatic rings. The lowest BCUT2D eigenvalue weighted by Gasteiger charge is -2.08. The second-order valence-electron chi connectivity index (χ2n) is 3.06. The van der Waals surface area contributed by atoms with Gasteiger partial charge >= 0.3 is 0 Å². The van der Waals surface area contributed by atoms with Crippen molar-refractivity contribution in [1.82, 2.24) is 9.97 Å². The van der Waals surface area contributed by atoms with E-state index in [9.17, 15) is 0 Å². The molecule has 0 amide bonds. The van der Waals surface area contributed by atoms with Crippen LogP contribution in [0.1, 0.15) is 0 Å². The largest absolute Gasteiger partial charge is 0.382 e. The van der Waals surface area contributed by atoms with Crippen LogP contribution < -0.4 is 11.1 Å². The van der Waals surface area contributed by atoms with Crippen LogP contribution in [0, 0.1) is 0 Å². The van der Waals surface area contributed by atoms with Gasteiger partial charge in [-0.2, -0.15) is 0 Å². The number of nitrogen functional groups attached to an aromatic ring is 1. The lowest BCUT2D eigenvalue weighted by Crippen LogP contribution is -1.98. The number of halogens is 2. The van der Waals surface area contributed by atoms with Crippen molar-refractivity contribution in [1.29, 1.82) is 0 Å². The number of hydrogen-bond donors (Lipinski definition) is 2. The van der Waals surface area contributed by atoms with E-state index in [-0.39, 0.29) is 0 Å². The third kappa shape index (κ3) is 2.43. The van der Waals surface area contributed by atoms with Crippen LogP contribution in [0.25, 0.3) is 0 Å². The van der Waals surface area contributed by atoms with Crippen molar-refractivity contribution in [3.8, 4) is 0 Å². The molecule has 0 bridgehead atoms. The van der Waals surface area contributed by atoms with Crippen LogP contribution >= 0.6 is 27.5 Å². The van der Waals surface area contributed by atoms with Gasteiger partial charge in [0.05, 0.1) is 27.6 Å². The summed E-state index contributed by atoms with van der Waals surface area (Å²) in [5.74, 6) is 0.936. The first-order valence-electron chi connectivity index (χ1n) is 4.45. The first-order chi connectivity index (χ1) is 7.66. The number of aromatic nitrogens is 2. The first kappa shape index (κ1) is 11.2. The van der Waals surface area contributed by atoms with E-state index in [4.69, 9.17) is 17.3 Å². The van der Waals surface area contributed by atoms with E-state index in [0.717, 1.165) is 10.2 Å². The molecule has 0 atom stereocenters. The van der Waals surface area contributed by atoms with Gasteiger partial charge in [0.25, 0.3) is 0 Å². The number of rotatable bonds is 2. The Morgan fingerprint density at radius 3 is 2.88 bits per heavy atom. The molecule has 16 heavy (non-hydrogen) atoms. The number of nitrogens with zero attached hydrogens (tertiary/aromatic N) is 2. The average Bonchev–Trinajstić information content (AvgIpc) is 2.25. The number of nitrogens with one attached hydrogen (secondary N) is 1. The maximum absolute atomic E-state index is 5.96. The maximum Gasteiger partial charge on any atom is 0.151 e. The van der Waals surface area contributed by atoms with Gasteiger partial charge in [-0.3, -0.25) is 4.98 Å². The highest BCUT2D eigenvalue weighted by molar-refractivity contribution is 9.10. The van der Waals surface area contributed by atoms with Gasteiger partial charge in [-0.1, -0.05) is 17.7 Å². The third-order valence-electron chi connectivity index (χ3n) is 1.87. The molecular formula is C10H8BrClN4. The SMILES string of the molecule is Nc1cncc(Nc2cccc(Cl)c2Br)n1. The number of hydrogen-bond acceptors (Lipinski definition) is 4. The quantitative estimate of drug-likeness (QED) is 0.893. The van der Waals surface area contributed by atoms with Crippen LogP contribution in [0.3, 0.4) is 0 Å². The summed E-state index contributed by atoms with van der Waals surface area (Å²) in [5, 5.41) is 3.70. The van der Waals surface area contributed by atoms with Gasteiger partial charge in [0.15, 0.2) is 5.82 Å². The van der Waals surface area contributed by atoms with Crippen molar-refractivity contribution in [3.63, 3.8) is 0 Å². The van der Waals surface area contributed by atoms with Crippen LogP contribution in [0.15, 0.2) is 35.1 Å². The van der Waals surface area contributed by atoms with Crippen molar-refractivity contribution < 1.29 is 0 Å². The fraction of sp³-hybridized carbons (Fsp3) is 0. The summed E-state index contributed by atoms with van der Waals surface area (Å²) in [6.07, 6.45) is 3.07. The minimum atomic E-state index is 0.364. The van der Waals surface area contributed by atoms with Gasteiger partial charge in [0.1, 0.15) is 5.82 Å². The smallest absolute Gasteiger partial charge is 0.151 e. The molecule has 0 unspecified atom stereocenters. The summed E-state index contributed by atoms with van der Waals surface area (Å²) in [7, 11) is 0. The molecule has 1 heterocycles. The molecule has 0 aliphatic rings. The Balaban J connectivity index is 2.31. The zero-order valence-corrected chi connectivity index (χ0v) is 10.5. The second kappa shape index (κ2) is 4.67. The standard InChI is InChI=1S/C10H8BrClN4/c11-10-6(12)2-1-3-7(10)15-9-5-14-4-8(13)16-9/h1-5H,(H3,13,15,16). The summed E-state index contributed by atoms with van der Waals surface area (Å²) < 4.78 is 0.779. The maximum atomic E-state index is 5.96. The lowest BCUT2D eigenvalue weighted by molar-refractivity contribution is 1.21. The molecule has 0 aliphatic heterocycles. The van der Waals surface area contributed by atoms with E-state index >= 15 is 0 Å². The van der Waals surface area contributed by atoms with Gasteiger partial charge in [0.2, 0.25) is 0 Å². The number of nitrogens with two attached hydrogens (primary N) is 1. The van der Waals surface area contributed by atoms with Gasteiger partial charge in [-0.25, -0.2) is 4.98 Å². The number of benzene rings is 1. The highest BCUT2D eigenvalue weighted by Gasteiger charge is 2.04. The molecule has 6 heteroatoms. The van der Waals surface area contributed by atoms with Crippen LogP contribution in [0.2, 0.25) is 5.02 Å². The fourth-order valence-corrected chi connectivity index (χ4v) is 1.72. The molecule has 82 valence electrons. The normalized spacial score (nSPS) is 10.1. The lowest BCUT2D eigenvalue weighted by atomic mass is 10.3. The van der Waals surface area contributed by atoms with Crippen molar-refractivity contribution in [3.05, 3.63) is 40.1 Å². The summed E-state index contributed by atoms with van der Waals surface area (Å²) in [5.41, 5.74) is 6.34. The molecule has 1 aromatic carbocycles. The Bertz CT molecular complexity index is 518. The molecule has 0 fully saturated rings. The summed E-state index contributed by atoms with van der Waals surface area (Å²) in [4.78, 5) is 8.01. The zero-order chi connectivity index (χ0) is 11.5. The predicted octanol–water partition coefficient (Wildman–Crippen LogP) is 3.22. The van der Waals surface area contributed by atoms with Crippen molar-refractivity contribution in [2.45, 2.75) is 0 Å². The van der Waals surface area contributed by atoms with Crippen LogP contribution in [0.4, 0.5) is 17.3 Å². The Labute approximate surface area is 106 Å².